The number of esters is 1. The number of benzene rings is 1. The maximum absolute atomic E-state index is 12.4. The zero-order chi connectivity index (χ0) is 14.6. The Labute approximate surface area is 121 Å². The Balaban J connectivity index is 2.33. The molecule has 1 fully saturated rings. The number of carbonyl (C=O) groups excluding carboxylic acids is 1. The van der Waals surface area contributed by atoms with Crippen LogP contribution in [0.2, 0.25) is 0 Å². The highest BCUT2D eigenvalue weighted by Crippen LogP contribution is 2.41. The smallest absolute Gasteiger partial charge is 0.313 e. The van der Waals surface area contributed by atoms with E-state index in [1.165, 1.54) is 18.4 Å². The quantitative estimate of drug-likeness (QED) is 0.771. The fraction of sp³-hybridized carbons (Fsp3) is 0.588. The lowest BCUT2D eigenvalue weighted by Gasteiger charge is -2.38. The van der Waals surface area contributed by atoms with Crippen LogP contribution in [0.15, 0.2) is 30.3 Å². The summed E-state index contributed by atoms with van der Waals surface area (Å²) in [7, 11) is 0. The van der Waals surface area contributed by atoms with Gasteiger partial charge in [-0.3, -0.25) is 9.69 Å². The first-order valence-corrected chi connectivity index (χ1v) is 7.53. The Kier molecular flexibility index (Phi) is 4.81. The molecule has 0 N–H and O–H groups in total. The molecule has 1 heterocycles. The average Bonchev–Trinajstić information content (AvgIpc) is 2.94. The van der Waals surface area contributed by atoms with Crippen molar-refractivity contribution in [1.82, 2.24) is 4.90 Å². The summed E-state index contributed by atoms with van der Waals surface area (Å²) < 4.78 is 5.30. The van der Waals surface area contributed by atoms with E-state index >= 15 is 0 Å². The molecule has 0 amide bonds. The van der Waals surface area contributed by atoms with Crippen LogP contribution in [0.25, 0.3) is 0 Å². The monoisotopic (exact) mass is 275 g/mol. The number of nitrogens with zero attached hydrogens (tertiary/aromatic N) is 1. The first-order valence-electron chi connectivity index (χ1n) is 7.53. The lowest BCUT2D eigenvalue weighted by Crippen LogP contribution is -2.42. The molecule has 3 nitrogen and oxygen atoms in total. The summed E-state index contributed by atoms with van der Waals surface area (Å²) in [6.45, 7) is 8.41. The third-order valence-corrected chi connectivity index (χ3v) is 4.11. The van der Waals surface area contributed by atoms with Crippen LogP contribution in [-0.2, 0) is 9.53 Å². The van der Waals surface area contributed by atoms with E-state index < -0.39 is 5.41 Å². The van der Waals surface area contributed by atoms with Gasteiger partial charge in [-0.15, -0.1) is 0 Å². The van der Waals surface area contributed by atoms with E-state index in [1.54, 1.807) is 0 Å². The normalized spacial score (nSPS) is 17.9. The molecule has 0 aromatic heterocycles. The van der Waals surface area contributed by atoms with E-state index in [0.29, 0.717) is 6.61 Å². The topological polar surface area (TPSA) is 29.5 Å². The lowest BCUT2D eigenvalue weighted by atomic mass is 9.79. The number of ether oxygens (including phenoxy) is 1. The molecule has 0 spiro atoms. The van der Waals surface area contributed by atoms with E-state index in [1.807, 2.05) is 39.0 Å². The van der Waals surface area contributed by atoms with Gasteiger partial charge in [0.25, 0.3) is 0 Å². The third-order valence-electron chi connectivity index (χ3n) is 4.11. The Morgan fingerprint density at radius 3 is 2.40 bits per heavy atom. The van der Waals surface area contributed by atoms with Crippen molar-refractivity contribution in [3.8, 4) is 0 Å². The molecule has 1 unspecified atom stereocenters. The molecule has 1 atom stereocenters. The molecule has 0 saturated carbocycles. The fourth-order valence-corrected chi connectivity index (χ4v) is 3.15. The largest absolute Gasteiger partial charge is 0.466 e. The molecule has 0 aliphatic carbocycles. The molecule has 1 saturated heterocycles. The second-order valence-electron chi connectivity index (χ2n) is 6.00. The number of hydrogen-bond acceptors (Lipinski definition) is 3. The maximum atomic E-state index is 12.4. The van der Waals surface area contributed by atoms with Crippen LogP contribution in [0.5, 0.6) is 0 Å². The highest BCUT2D eigenvalue weighted by atomic mass is 16.5. The van der Waals surface area contributed by atoms with Crippen molar-refractivity contribution in [2.45, 2.75) is 39.7 Å². The predicted molar refractivity (Wildman–Crippen MR) is 80.4 cm³/mol. The number of hydrogen-bond donors (Lipinski definition) is 0. The molecule has 20 heavy (non-hydrogen) atoms. The third kappa shape index (κ3) is 3.04. The van der Waals surface area contributed by atoms with E-state index in [-0.39, 0.29) is 12.0 Å². The van der Waals surface area contributed by atoms with E-state index in [9.17, 15) is 4.79 Å². The van der Waals surface area contributed by atoms with Gasteiger partial charge >= 0.3 is 5.97 Å². The molecule has 1 aromatic rings. The van der Waals surface area contributed by atoms with Crippen molar-refractivity contribution in [1.29, 1.82) is 0 Å². The Hall–Kier alpha value is -1.35. The van der Waals surface area contributed by atoms with Crippen molar-refractivity contribution in [2.24, 2.45) is 5.41 Å². The standard InChI is InChI=1S/C17H25NO2/c1-4-20-16(19)17(2,3)15(18-12-8-9-13-18)14-10-6-5-7-11-14/h5-7,10-11,15H,4,8-9,12-13H2,1-3H3. The van der Waals surface area contributed by atoms with Gasteiger partial charge in [-0.1, -0.05) is 30.3 Å². The summed E-state index contributed by atoms with van der Waals surface area (Å²) in [4.78, 5) is 14.8. The number of carbonyl (C=O) groups is 1. The SMILES string of the molecule is CCOC(=O)C(C)(C)C(c1ccccc1)N1CCCC1. The minimum Gasteiger partial charge on any atom is -0.466 e. The molecule has 0 bridgehead atoms. The van der Waals surface area contributed by atoms with Gasteiger partial charge in [0.2, 0.25) is 0 Å². The zero-order valence-corrected chi connectivity index (χ0v) is 12.8. The molecular weight excluding hydrogens is 250 g/mol. The summed E-state index contributed by atoms with van der Waals surface area (Å²) in [5.74, 6) is -0.110. The lowest BCUT2D eigenvalue weighted by molar-refractivity contribution is -0.157. The fourth-order valence-electron chi connectivity index (χ4n) is 3.15. The van der Waals surface area contributed by atoms with Gasteiger partial charge in [-0.05, 0) is 52.3 Å². The zero-order valence-electron chi connectivity index (χ0n) is 12.8. The van der Waals surface area contributed by atoms with Crippen molar-refractivity contribution in [2.75, 3.05) is 19.7 Å². The summed E-state index contributed by atoms with van der Waals surface area (Å²) in [5, 5.41) is 0. The Morgan fingerprint density at radius 2 is 1.85 bits per heavy atom. The van der Waals surface area contributed by atoms with Gasteiger partial charge < -0.3 is 4.74 Å². The van der Waals surface area contributed by atoms with Gasteiger partial charge in [-0.25, -0.2) is 0 Å². The van der Waals surface area contributed by atoms with Crippen molar-refractivity contribution in [3.63, 3.8) is 0 Å². The first kappa shape index (κ1) is 15.0. The van der Waals surface area contributed by atoms with E-state index in [4.69, 9.17) is 4.74 Å². The second kappa shape index (κ2) is 6.40. The van der Waals surface area contributed by atoms with Crippen LogP contribution in [-0.4, -0.2) is 30.6 Å². The van der Waals surface area contributed by atoms with Crippen LogP contribution in [0.4, 0.5) is 0 Å². The van der Waals surface area contributed by atoms with Crippen LogP contribution in [0, 0.1) is 5.41 Å². The van der Waals surface area contributed by atoms with Crippen LogP contribution in [0.1, 0.15) is 45.2 Å². The van der Waals surface area contributed by atoms with Gasteiger partial charge in [0.1, 0.15) is 0 Å². The van der Waals surface area contributed by atoms with Gasteiger partial charge in [0, 0.05) is 0 Å². The van der Waals surface area contributed by atoms with Gasteiger partial charge in [0.15, 0.2) is 0 Å². The molecule has 3 heteroatoms. The summed E-state index contributed by atoms with van der Waals surface area (Å²) in [6, 6.07) is 10.4. The minimum absolute atomic E-state index is 0.0882. The van der Waals surface area contributed by atoms with E-state index in [0.717, 1.165) is 13.1 Å². The predicted octanol–water partition coefficient (Wildman–Crippen LogP) is 3.41. The molecule has 0 radical (unpaired) electrons. The first-order chi connectivity index (χ1) is 9.57. The number of likely N-dealkylation sites (tertiary alicyclic amines) is 1. The van der Waals surface area contributed by atoms with Crippen molar-refractivity contribution in [3.05, 3.63) is 35.9 Å². The van der Waals surface area contributed by atoms with Crippen LogP contribution in [0.3, 0.4) is 0 Å². The summed E-state index contributed by atoms with van der Waals surface area (Å²) in [5.41, 5.74) is 0.661. The molecule has 110 valence electrons. The molecular formula is C17H25NO2. The Morgan fingerprint density at radius 1 is 1.25 bits per heavy atom. The highest BCUT2D eigenvalue weighted by Gasteiger charge is 2.43. The van der Waals surface area contributed by atoms with Crippen molar-refractivity contribution >= 4 is 5.97 Å². The highest BCUT2D eigenvalue weighted by molar-refractivity contribution is 5.77. The molecule has 1 aliphatic rings. The summed E-state index contributed by atoms with van der Waals surface area (Å²) in [6.07, 6.45) is 2.42. The molecule has 1 aromatic carbocycles. The Bertz CT molecular complexity index is 436. The van der Waals surface area contributed by atoms with E-state index in [2.05, 4.69) is 17.0 Å². The average molecular weight is 275 g/mol. The minimum atomic E-state index is -0.540. The van der Waals surface area contributed by atoms with Crippen molar-refractivity contribution < 1.29 is 9.53 Å². The van der Waals surface area contributed by atoms with Crippen LogP contribution < -0.4 is 0 Å². The second-order valence-corrected chi connectivity index (χ2v) is 6.00. The summed E-state index contributed by atoms with van der Waals surface area (Å²) >= 11 is 0. The molecule has 1 aliphatic heterocycles. The van der Waals surface area contributed by atoms with Crippen LogP contribution >= 0.6 is 0 Å². The molecule has 2 rings (SSSR count). The van der Waals surface area contributed by atoms with Gasteiger partial charge in [-0.2, -0.15) is 0 Å². The maximum Gasteiger partial charge on any atom is 0.313 e. The van der Waals surface area contributed by atoms with Gasteiger partial charge in [0.05, 0.1) is 18.1 Å². The number of rotatable bonds is 5.